The van der Waals surface area contributed by atoms with Gasteiger partial charge in [0.2, 0.25) is 0 Å². The number of benzene rings is 1. The van der Waals surface area contributed by atoms with E-state index >= 15 is 0 Å². The number of thioether (sulfide) groups is 2. The molecule has 7 nitrogen and oxygen atoms in total. The van der Waals surface area contributed by atoms with Crippen molar-refractivity contribution in [3.05, 3.63) is 24.3 Å². The summed E-state index contributed by atoms with van der Waals surface area (Å²) in [4.78, 5) is 23.5. The molecule has 6 N–H and O–H groups in total. The number of carbonyl (C=O) groups excluding carboxylic acids is 2. The Morgan fingerprint density at radius 1 is 1.23 bits per heavy atom. The van der Waals surface area contributed by atoms with Crippen LogP contribution in [0, 0.1) is 0 Å². The highest BCUT2D eigenvalue weighted by molar-refractivity contribution is 7.99. The molecule has 26 heavy (non-hydrogen) atoms. The van der Waals surface area contributed by atoms with Gasteiger partial charge < -0.3 is 16.4 Å². The minimum atomic E-state index is -2.49. The zero-order chi connectivity index (χ0) is 19.5. The van der Waals surface area contributed by atoms with Crippen LogP contribution in [0.2, 0.25) is 0 Å². The number of nitrogens with two attached hydrogens (primary N) is 1. The molecular formula is C14H19F2N5O2S3. The fraction of sp³-hybridized carbons (Fsp3) is 0.357. The van der Waals surface area contributed by atoms with Crippen molar-refractivity contribution in [1.29, 1.82) is 0 Å². The maximum absolute atomic E-state index is 12.3. The van der Waals surface area contributed by atoms with Crippen molar-refractivity contribution in [2.75, 3.05) is 17.3 Å². The van der Waals surface area contributed by atoms with Gasteiger partial charge in [-0.1, -0.05) is 11.8 Å². The van der Waals surface area contributed by atoms with Gasteiger partial charge in [0.05, 0.1) is 0 Å². The van der Waals surface area contributed by atoms with E-state index in [1.165, 1.54) is 23.9 Å². The van der Waals surface area contributed by atoms with Crippen LogP contribution in [-0.4, -0.2) is 40.9 Å². The molecule has 0 unspecified atom stereocenters. The Bertz CT molecular complexity index is 619. The van der Waals surface area contributed by atoms with Crippen LogP contribution in [0.1, 0.15) is 6.42 Å². The van der Waals surface area contributed by atoms with E-state index in [-0.39, 0.29) is 5.11 Å². The Morgan fingerprint density at radius 3 is 2.42 bits per heavy atom. The van der Waals surface area contributed by atoms with Crippen molar-refractivity contribution in [3.63, 3.8) is 0 Å². The largest absolute Gasteiger partial charge is 0.352 e. The average molecular weight is 424 g/mol. The molecule has 0 aromatic heterocycles. The van der Waals surface area contributed by atoms with Crippen molar-refractivity contribution in [1.82, 2.24) is 16.2 Å². The van der Waals surface area contributed by atoms with Crippen LogP contribution in [0.5, 0.6) is 0 Å². The smallest absolute Gasteiger partial charge is 0.312 e. The zero-order valence-corrected chi connectivity index (χ0v) is 16.2. The number of hydrogen-bond donors (Lipinski definition) is 5. The van der Waals surface area contributed by atoms with Crippen LogP contribution in [0.4, 0.5) is 19.3 Å². The van der Waals surface area contributed by atoms with Crippen LogP contribution in [0.25, 0.3) is 0 Å². The van der Waals surface area contributed by atoms with Gasteiger partial charge >= 0.3 is 6.03 Å². The van der Waals surface area contributed by atoms with E-state index in [9.17, 15) is 18.4 Å². The van der Waals surface area contributed by atoms with Crippen LogP contribution < -0.4 is 27.2 Å². The minimum Gasteiger partial charge on any atom is -0.352 e. The van der Waals surface area contributed by atoms with E-state index in [2.05, 4.69) is 21.5 Å². The van der Waals surface area contributed by atoms with Gasteiger partial charge in [-0.05, 0) is 54.9 Å². The Morgan fingerprint density at radius 2 is 1.88 bits per heavy atom. The summed E-state index contributed by atoms with van der Waals surface area (Å²) in [7, 11) is 0. The van der Waals surface area contributed by atoms with Gasteiger partial charge in [-0.3, -0.25) is 15.6 Å². The van der Waals surface area contributed by atoms with E-state index < -0.39 is 23.7 Å². The highest BCUT2D eigenvalue weighted by Gasteiger charge is 2.19. The molecule has 0 saturated carbocycles. The third-order valence-electron chi connectivity index (χ3n) is 2.88. The molecule has 3 amide bonds. The maximum Gasteiger partial charge on any atom is 0.312 e. The van der Waals surface area contributed by atoms with E-state index in [1.807, 2.05) is 6.26 Å². The van der Waals surface area contributed by atoms with Gasteiger partial charge in [0, 0.05) is 10.6 Å². The quantitative estimate of drug-likeness (QED) is 0.248. The third-order valence-corrected chi connectivity index (χ3v) is 4.45. The molecule has 144 valence electrons. The summed E-state index contributed by atoms with van der Waals surface area (Å²) in [6, 6.07) is 4.62. The Hall–Kier alpha value is -1.79. The fourth-order valence-corrected chi connectivity index (χ4v) is 2.90. The summed E-state index contributed by atoms with van der Waals surface area (Å²) >= 11 is 7.01. The number of anilines is 1. The number of amides is 3. The highest BCUT2D eigenvalue weighted by Crippen LogP contribution is 2.26. The predicted molar refractivity (Wildman–Crippen MR) is 105 cm³/mol. The Labute approximate surface area is 163 Å². The molecule has 0 heterocycles. The normalized spacial score (nSPS) is 11.5. The van der Waals surface area contributed by atoms with Crippen molar-refractivity contribution in [2.24, 2.45) is 5.73 Å². The van der Waals surface area contributed by atoms with Gasteiger partial charge in [0.1, 0.15) is 6.04 Å². The topological polar surface area (TPSA) is 108 Å². The van der Waals surface area contributed by atoms with Gasteiger partial charge in [0.25, 0.3) is 11.7 Å². The molecule has 0 aliphatic rings. The van der Waals surface area contributed by atoms with Gasteiger partial charge in [-0.2, -0.15) is 20.5 Å². The first-order valence-corrected chi connectivity index (χ1v) is 9.96. The first-order valence-electron chi connectivity index (χ1n) is 7.28. The zero-order valence-electron chi connectivity index (χ0n) is 13.8. The second kappa shape index (κ2) is 11.8. The summed E-state index contributed by atoms with van der Waals surface area (Å²) < 4.78 is 24.5. The SMILES string of the molecule is CSCC[C@H](NC(N)=O)C(=O)NNC(=S)Nc1ccc(SC(F)F)cc1. The molecule has 0 saturated heterocycles. The molecule has 1 aromatic carbocycles. The monoisotopic (exact) mass is 423 g/mol. The molecule has 0 spiro atoms. The van der Waals surface area contributed by atoms with Crippen LogP contribution in [-0.2, 0) is 4.79 Å². The number of rotatable bonds is 8. The molecule has 1 aromatic rings. The van der Waals surface area contributed by atoms with Crippen molar-refractivity contribution < 1.29 is 18.4 Å². The van der Waals surface area contributed by atoms with Crippen molar-refractivity contribution >= 4 is 58.5 Å². The molecule has 0 bridgehead atoms. The maximum atomic E-state index is 12.3. The number of nitrogens with one attached hydrogen (secondary N) is 4. The predicted octanol–water partition coefficient (Wildman–Crippen LogP) is 2.11. The summed E-state index contributed by atoms with van der Waals surface area (Å²) in [5.41, 5.74) is 10.5. The van der Waals surface area contributed by atoms with Crippen molar-refractivity contribution in [2.45, 2.75) is 23.1 Å². The lowest BCUT2D eigenvalue weighted by Gasteiger charge is -2.18. The summed E-state index contributed by atoms with van der Waals surface area (Å²) in [5.74, 6) is -2.32. The van der Waals surface area contributed by atoms with Crippen LogP contribution >= 0.6 is 35.7 Å². The second-order valence-corrected chi connectivity index (χ2v) is 7.27. The molecule has 0 radical (unpaired) electrons. The molecule has 0 aliphatic carbocycles. The van der Waals surface area contributed by atoms with E-state index in [0.717, 1.165) is 0 Å². The average Bonchev–Trinajstić information content (AvgIpc) is 2.57. The number of hydrogen-bond acceptors (Lipinski definition) is 5. The summed E-state index contributed by atoms with van der Waals surface area (Å²) in [6.45, 7) is 0. The van der Waals surface area contributed by atoms with Crippen LogP contribution in [0.15, 0.2) is 29.2 Å². The van der Waals surface area contributed by atoms with Crippen molar-refractivity contribution in [3.8, 4) is 0 Å². The Balaban J connectivity index is 2.48. The molecule has 0 aliphatic heterocycles. The molecule has 1 rings (SSSR count). The summed E-state index contributed by atoms with van der Waals surface area (Å²) in [6.07, 6.45) is 2.28. The molecule has 1 atom stereocenters. The van der Waals surface area contributed by atoms with E-state index in [4.69, 9.17) is 18.0 Å². The second-order valence-electron chi connectivity index (χ2n) is 4.81. The van der Waals surface area contributed by atoms with Gasteiger partial charge in [-0.15, -0.1) is 0 Å². The first kappa shape index (κ1) is 22.3. The molecular weight excluding hydrogens is 404 g/mol. The highest BCUT2D eigenvalue weighted by atomic mass is 32.2. The number of carbonyl (C=O) groups is 2. The number of urea groups is 1. The minimum absolute atomic E-state index is 0.0929. The standard InChI is InChI=1S/C14H19F2N5O2S3/c1-25-7-6-10(19-13(17)23)11(22)20-21-14(24)18-8-2-4-9(5-3-8)26-12(15)16/h2-5,10,12H,6-7H2,1H3,(H,20,22)(H3,17,19,23)(H2,18,21,24)/t10-/m0/s1. The lowest BCUT2D eigenvalue weighted by atomic mass is 10.2. The van der Waals surface area contributed by atoms with E-state index in [0.29, 0.717) is 34.5 Å². The number of primary amides is 1. The Kier molecular flexibility index (Phi) is 10.1. The molecule has 12 heteroatoms. The number of thiocarbonyl (C=S) groups is 1. The van der Waals surface area contributed by atoms with Gasteiger partial charge in [0.15, 0.2) is 5.11 Å². The number of hydrazine groups is 1. The summed E-state index contributed by atoms with van der Waals surface area (Å²) in [5, 5.41) is 5.24. The first-order chi connectivity index (χ1) is 12.3. The van der Waals surface area contributed by atoms with Crippen LogP contribution in [0.3, 0.4) is 0 Å². The third kappa shape index (κ3) is 9.06. The lowest BCUT2D eigenvalue weighted by molar-refractivity contribution is -0.123. The van der Waals surface area contributed by atoms with Gasteiger partial charge in [-0.25, -0.2) is 4.79 Å². The molecule has 0 fully saturated rings. The van der Waals surface area contributed by atoms with E-state index in [1.54, 1.807) is 12.1 Å². The number of halogens is 2. The fourth-order valence-electron chi connectivity index (χ4n) is 1.76. The number of alkyl halides is 2. The lowest BCUT2D eigenvalue weighted by Crippen LogP contribution is -2.54.